The summed E-state index contributed by atoms with van der Waals surface area (Å²) in [5.74, 6) is -1.33. The fourth-order valence-corrected chi connectivity index (χ4v) is 0.960. The van der Waals surface area contributed by atoms with E-state index >= 15 is 0 Å². The summed E-state index contributed by atoms with van der Waals surface area (Å²) in [6.45, 7) is 0. The number of hydrogen-bond acceptors (Lipinski definition) is 3. The highest BCUT2D eigenvalue weighted by atomic mass is 79.9. The fraction of sp³-hybridized carbons (Fsp3) is 0.125. The van der Waals surface area contributed by atoms with Gasteiger partial charge in [0.15, 0.2) is 0 Å². The van der Waals surface area contributed by atoms with Crippen molar-refractivity contribution in [3.05, 3.63) is 24.0 Å². The number of rotatable bonds is 3. The zero-order chi connectivity index (χ0) is 10.6. The van der Waals surface area contributed by atoms with Gasteiger partial charge in [-0.15, -0.1) is 0 Å². The van der Waals surface area contributed by atoms with E-state index in [4.69, 9.17) is 5.11 Å². The molecular weight excluding hydrogens is 252 g/mol. The number of carboxylic acids is 1. The monoisotopic (exact) mass is 258 g/mol. The van der Waals surface area contributed by atoms with Crippen molar-refractivity contribution in [2.75, 3.05) is 10.6 Å². The Balaban J connectivity index is 2.83. The number of anilines is 1. The van der Waals surface area contributed by atoms with Crippen LogP contribution in [0.25, 0.3) is 0 Å². The van der Waals surface area contributed by atoms with E-state index in [1.54, 1.807) is 0 Å². The highest BCUT2D eigenvalue weighted by Crippen LogP contribution is 2.08. The molecule has 0 unspecified atom stereocenters. The molecule has 5 nitrogen and oxygen atoms in total. The summed E-state index contributed by atoms with van der Waals surface area (Å²) in [4.78, 5) is 25.2. The van der Waals surface area contributed by atoms with Crippen molar-refractivity contribution in [2.24, 2.45) is 0 Å². The molecule has 0 aliphatic rings. The molecule has 14 heavy (non-hydrogen) atoms. The van der Waals surface area contributed by atoms with Gasteiger partial charge < -0.3 is 10.4 Å². The number of nitrogens with zero attached hydrogens (tertiary/aromatic N) is 1. The summed E-state index contributed by atoms with van der Waals surface area (Å²) in [5, 5.41) is 11.3. The van der Waals surface area contributed by atoms with Gasteiger partial charge in [-0.3, -0.25) is 9.78 Å². The molecule has 1 aromatic rings. The van der Waals surface area contributed by atoms with Crippen LogP contribution >= 0.6 is 15.9 Å². The van der Waals surface area contributed by atoms with Crippen molar-refractivity contribution in [1.29, 1.82) is 0 Å². The normalized spacial score (nSPS) is 9.50. The molecule has 0 saturated carbocycles. The van der Waals surface area contributed by atoms with E-state index in [9.17, 15) is 9.59 Å². The van der Waals surface area contributed by atoms with E-state index in [2.05, 4.69) is 26.2 Å². The first kappa shape index (κ1) is 10.6. The number of aromatic carboxylic acids is 1. The van der Waals surface area contributed by atoms with Crippen LogP contribution in [0.5, 0.6) is 0 Å². The van der Waals surface area contributed by atoms with Crippen LogP contribution in [0.3, 0.4) is 0 Å². The average molecular weight is 259 g/mol. The number of nitrogens with one attached hydrogen (secondary N) is 1. The maximum atomic E-state index is 10.9. The van der Waals surface area contributed by atoms with Gasteiger partial charge in [-0.25, -0.2) is 4.79 Å². The van der Waals surface area contributed by atoms with Gasteiger partial charge in [-0.2, -0.15) is 0 Å². The van der Waals surface area contributed by atoms with Crippen LogP contribution in [0.4, 0.5) is 5.69 Å². The summed E-state index contributed by atoms with van der Waals surface area (Å²) in [7, 11) is 0. The Morgan fingerprint density at radius 1 is 1.50 bits per heavy atom. The van der Waals surface area contributed by atoms with Gasteiger partial charge in [0.05, 0.1) is 22.8 Å². The third-order valence-corrected chi connectivity index (χ3v) is 1.90. The van der Waals surface area contributed by atoms with E-state index in [1.807, 2.05) is 0 Å². The molecule has 0 fully saturated rings. The molecule has 0 bridgehead atoms. The number of carboxylic acid groups (broad SMARTS) is 1. The summed E-state index contributed by atoms with van der Waals surface area (Å²) >= 11 is 2.97. The Bertz CT molecular complexity index is 367. The molecule has 1 heterocycles. The van der Waals surface area contributed by atoms with E-state index < -0.39 is 5.97 Å². The first-order valence-corrected chi connectivity index (χ1v) is 4.80. The maximum Gasteiger partial charge on any atom is 0.337 e. The minimum absolute atomic E-state index is 0.0392. The van der Waals surface area contributed by atoms with Gasteiger partial charge in [0.25, 0.3) is 0 Å². The number of hydrogen-bond donors (Lipinski definition) is 2. The molecule has 0 atom stereocenters. The number of carbonyl (C=O) groups excluding carboxylic acids is 1. The van der Waals surface area contributed by atoms with Crippen LogP contribution in [-0.4, -0.2) is 27.3 Å². The number of carbonyl (C=O) groups is 2. The third-order valence-electron chi connectivity index (χ3n) is 1.39. The first-order valence-electron chi connectivity index (χ1n) is 3.67. The lowest BCUT2D eigenvalue weighted by atomic mass is 10.2. The Hall–Kier alpha value is -1.43. The van der Waals surface area contributed by atoms with E-state index in [1.165, 1.54) is 18.5 Å². The van der Waals surface area contributed by atoms with Crippen LogP contribution < -0.4 is 5.32 Å². The number of halogens is 1. The highest BCUT2D eigenvalue weighted by molar-refractivity contribution is 9.09. The van der Waals surface area contributed by atoms with Gasteiger partial charge >= 0.3 is 5.97 Å². The van der Waals surface area contributed by atoms with Crippen LogP contribution in [0, 0.1) is 0 Å². The lowest BCUT2D eigenvalue weighted by Crippen LogP contribution is -2.13. The standard InChI is InChI=1S/C8H7BrN2O3/c9-2-7(12)11-6-1-5(8(13)14)3-10-4-6/h1,3-4H,2H2,(H,11,12)(H,13,14). The average Bonchev–Trinajstić information content (AvgIpc) is 2.18. The van der Waals surface area contributed by atoms with E-state index in [-0.39, 0.29) is 16.8 Å². The van der Waals surface area contributed by atoms with E-state index in [0.29, 0.717) is 5.69 Å². The second kappa shape index (κ2) is 4.71. The van der Waals surface area contributed by atoms with Crippen molar-refractivity contribution in [3.63, 3.8) is 0 Å². The summed E-state index contributed by atoms with van der Waals surface area (Å²) in [6, 6.07) is 1.34. The molecule has 1 rings (SSSR count). The SMILES string of the molecule is O=C(CBr)Nc1cncc(C(=O)O)c1. The molecule has 0 aromatic carbocycles. The van der Waals surface area contributed by atoms with Crippen molar-refractivity contribution < 1.29 is 14.7 Å². The van der Waals surface area contributed by atoms with Crippen molar-refractivity contribution >= 4 is 33.5 Å². The molecule has 1 aromatic heterocycles. The van der Waals surface area contributed by atoms with Gasteiger partial charge in [-0.1, -0.05) is 15.9 Å². The molecule has 0 spiro atoms. The minimum atomic E-state index is -1.08. The number of aromatic nitrogens is 1. The quantitative estimate of drug-likeness (QED) is 0.797. The smallest absolute Gasteiger partial charge is 0.337 e. The third kappa shape index (κ3) is 2.81. The molecule has 0 aliphatic carbocycles. The Morgan fingerprint density at radius 3 is 2.79 bits per heavy atom. The van der Waals surface area contributed by atoms with Crippen molar-refractivity contribution in [1.82, 2.24) is 4.98 Å². The summed E-state index contributed by atoms with van der Waals surface area (Å²) in [5.41, 5.74) is 0.409. The Kier molecular flexibility index (Phi) is 3.58. The van der Waals surface area contributed by atoms with Crippen LogP contribution in [0.15, 0.2) is 18.5 Å². The molecule has 74 valence electrons. The largest absolute Gasteiger partial charge is 0.478 e. The molecule has 0 saturated heterocycles. The van der Waals surface area contributed by atoms with Crippen molar-refractivity contribution in [3.8, 4) is 0 Å². The zero-order valence-corrected chi connectivity index (χ0v) is 8.61. The molecule has 6 heteroatoms. The summed E-state index contributed by atoms with van der Waals surface area (Å²) < 4.78 is 0. The second-order valence-electron chi connectivity index (χ2n) is 2.45. The highest BCUT2D eigenvalue weighted by Gasteiger charge is 2.05. The summed E-state index contributed by atoms with van der Waals surface area (Å²) in [6.07, 6.45) is 2.60. The van der Waals surface area contributed by atoms with Crippen LogP contribution in [-0.2, 0) is 4.79 Å². The second-order valence-corrected chi connectivity index (χ2v) is 3.01. The van der Waals surface area contributed by atoms with Crippen LogP contribution in [0.1, 0.15) is 10.4 Å². The van der Waals surface area contributed by atoms with E-state index in [0.717, 1.165) is 0 Å². The number of alkyl halides is 1. The van der Waals surface area contributed by atoms with Crippen molar-refractivity contribution in [2.45, 2.75) is 0 Å². The van der Waals surface area contributed by atoms with Gasteiger partial charge in [0.1, 0.15) is 0 Å². The zero-order valence-electron chi connectivity index (χ0n) is 7.03. The molecule has 2 N–H and O–H groups in total. The minimum Gasteiger partial charge on any atom is -0.478 e. The predicted molar refractivity (Wildman–Crippen MR) is 53.6 cm³/mol. The van der Waals surface area contributed by atoms with Gasteiger partial charge in [0.2, 0.25) is 5.91 Å². The Labute approximate surface area is 88.3 Å². The maximum absolute atomic E-state index is 10.9. The van der Waals surface area contributed by atoms with Gasteiger partial charge in [-0.05, 0) is 6.07 Å². The lowest BCUT2D eigenvalue weighted by Gasteiger charge is -2.02. The fourth-order valence-electron chi connectivity index (χ4n) is 0.820. The molecule has 1 amide bonds. The van der Waals surface area contributed by atoms with Crippen LogP contribution in [0.2, 0.25) is 0 Å². The Morgan fingerprint density at radius 2 is 2.21 bits per heavy atom. The number of amides is 1. The number of pyridine rings is 1. The lowest BCUT2D eigenvalue weighted by molar-refractivity contribution is -0.113. The molecular formula is C8H7BrN2O3. The van der Waals surface area contributed by atoms with Gasteiger partial charge in [0, 0.05) is 6.20 Å². The predicted octanol–water partition coefficient (Wildman–Crippen LogP) is 1.11. The topological polar surface area (TPSA) is 79.3 Å². The molecule has 0 radical (unpaired) electrons. The molecule has 0 aliphatic heterocycles. The first-order chi connectivity index (χ1) is 6.63.